The smallest absolute Gasteiger partial charge is 0.270 e. The molecule has 0 fully saturated rings. The summed E-state index contributed by atoms with van der Waals surface area (Å²) >= 11 is 3.22. The predicted octanol–water partition coefficient (Wildman–Crippen LogP) is 3.93. The van der Waals surface area contributed by atoms with E-state index in [1.54, 1.807) is 31.3 Å². The second kappa shape index (κ2) is 5.37. The van der Waals surface area contributed by atoms with E-state index in [1.807, 2.05) is 0 Å². The van der Waals surface area contributed by atoms with Crippen LogP contribution in [0.25, 0.3) is 10.9 Å². The molecule has 3 aromatic rings. The number of hydrogen-bond acceptors (Lipinski definition) is 2. The lowest BCUT2D eigenvalue weighted by molar-refractivity contribution is 0.0770. The highest BCUT2D eigenvalue weighted by molar-refractivity contribution is 9.10. The van der Waals surface area contributed by atoms with Crippen LogP contribution < -0.4 is 0 Å². The second-order valence-corrected chi connectivity index (χ2v) is 5.56. The molecule has 2 heterocycles. The minimum atomic E-state index is -0.336. The zero-order valence-electron chi connectivity index (χ0n) is 11.2. The van der Waals surface area contributed by atoms with E-state index in [9.17, 15) is 9.18 Å². The standard InChI is InChI=1S/C15H12BrFN2O2/c1-19(8-11-4-5-14(16)21-11)15(20)13-6-9-2-3-10(17)7-12(9)18-13/h2-7,18H,8H2,1H3. The van der Waals surface area contributed by atoms with Crippen LogP contribution >= 0.6 is 15.9 Å². The fourth-order valence-corrected chi connectivity index (χ4v) is 2.50. The highest BCUT2D eigenvalue weighted by atomic mass is 79.9. The highest BCUT2D eigenvalue weighted by Crippen LogP contribution is 2.19. The molecule has 21 heavy (non-hydrogen) atoms. The minimum Gasteiger partial charge on any atom is -0.452 e. The summed E-state index contributed by atoms with van der Waals surface area (Å²) in [6.45, 7) is 0.355. The van der Waals surface area contributed by atoms with Crippen molar-refractivity contribution in [2.75, 3.05) is 7.05 Å². The van der Waals surface area contributed by atoms with Crippen LogP contribution in [0.3, 0.4) is 0 Å². The van der Waals surface area contributed by atoms with Gasteiger partial charge in [0.15, 0.2) is 4.67 Å². The molecule has 0 radical (unpaired) electrons. The maximum atomic E-state index is 13.2. The summed E-state index contributed by atoms with van der Waals surface area (Å²) in [5, 5.41) is 0.800. The summed E-state index contributed by atoms with van der Waals surface area (Å²) in [6.07, 6.45) is 0. The number of hydrogen-bond donors (Lipinski definition) is 1. The Bertz CT molecular complexity index is 809. The quantitative estimate of drug-likeness (QED) is 0.777. The summed E-state index contributed by atoms with van der Waals surface area (Å²) in [5.41, 5.74) is 1.02. The molecule has 2 aromatic heterocycles. The molecule has 0 atom stereocenters. The maximum absolute atomic E-state index is 13.2. The summed E-state index contributed by atoms with van der Waals surface area (Å²) in [6, 6.07) is 9.67. The molecule has 3 rings (SSSR count). The fraction of sp³-hybridized carbons (Fsp3) is 0.133. The lowest BCUT2D eigenvalue weighted by atomic mass is 10.2. The Labute approximate surface area is 128 Å². The molecule has 1 N–H and O–H groups in total. The van der Waals surface area contributed by atoms with Crippen LogP contribution in [0, 0.1) is 5.82 Å². The van der Waals surface area contributed by atoms with Gasteiger partial charge in [-0.05, 0) is 52.3 Å². The van der Waals surface area contributed by atoms with Crippen LogP contribution in [0.2, 0.25) is 0 Å². The maximum Gasteiger partial charge on any atom is 0.270 e. The largest absolute Gasteiger partial charge is 0.452 e. The SMILES string of the molecule is CN(Cc1ccc(Br)o1)C(=O)c1cc2ccc(F)cc2[nH]1. The number of fused-ring (bicyclic) bond motifs is 1. The van der Waals surface area contributed by atoms with Gasteiger partial charge in [0.25, 0.3) is 5.91 Å². The van der Waals surface area contributed by atoms with Gasteiger partial charge >= 0.3 is 0 Å². The number of furan rings is 1. The lowest BCUT2D eigenvalue weighted by Gasteiger charge is -2.14. The molecule has 0 aliphatic carbocycles. The monoisotopic (exact) mass is 350 g/mol. The van der Waals surface area contributed by atoms with E-state index >= 15 is 0 Å². The van der Waals surface area contributed by atoms with Gasteiger partial charge in [0, 0.05) is 18.0 Å². The van der Waals surface area contributed by atoms with Crippen LogP contribution in [0.15, 0.2) is 45.5 Å². The summed E-state index contributed by atoms with van der Waals surface area (Å²) in [5.74, 6) is 0.163. The third-order valence-corrected chi connectivity index (χ3v) is 3.61. The predicted molar refractivity (Wildman–Crippen MR) is 80.5 cm³/mol. The van der Waals surface area contributed by atoms with E-state index in [2.05, 4.69) is 20.9 Å². The van der Waals surface area contributed by atoms with Crippen molar-refractivity contribution in [3.63, 3.8) is 0 Å². The van der Waals surface area contributed by atoms with E-state index in [0.717, 1.165) is 5.39 Å². The Morgan fingerprint density at radius 3 is 2.86 bits per heavy atom. The van der Waals surface area contributed by atoms with Crippen molar-refractivity contribution < 1.29 is 13.6 Å². The van der Waals surface area contributed by atoms with E-state index in [1.165, 1.54) is 17.0 Å². The molecule has 1 aromatic carbocycles. The Morgan fingerprint density at radius 2 is 2.14 bits per heavy atom. The van der Waals surface area contributed by atoms with Gasteiger partial charge in [0.1, 0.15) is 17.3 Å². The van der Waals surface area contributed by atoms with E-state index in [-0.39, 0.29) is 11.7 Å². The molecular weight excluding hydrogens is 339 g/mol. The average Bonchev–Trinajstić information content (AvgIpc) is 3.03. The van der Waals surface area contributed by atoms with Crippen molar-refractivity contribution >= 4 is 32.7 Å². The Kier molecular flexibility index (Phi) is 3.55. The van der Waals surface area contributed by atoms with Gasteiger partial charge in [-0.3, -0.25) is 4.79 Å². The Balaban J connectivity index is 1.82. The number of nitrogens with zero attached hydrogens (tertiary/aromatic N) is 1. The molecule has 6 heteroatoms. The van der Waals surface area contributed by atoms with E-state index in [0.29, 0.717) is 28.2 Å². The van der Waals surface area contributed by atoms with Gasteiger partial charge in [0.05, 0.1) is 6.54 Å². The van der Waals surface area contributed by atoms with Crippen molar-refractivity contribution in [3.8, 4) is 0 Å². The number of nitrogens with one attached hydrogen (secondary N) is 1. The Morgan fingerprint density at radius 1 is 1.33 bits per heavy atom. The Hall–Kier alpha value is -2.08. The molecule has 0 aliphatic rings. The zero-order valence-corrected chi connectivity index (χ0v) is 12.8. The van der Waals surface area contributed by atoms with Crippen LogP contribution in [-0.4, -0.2) is 22.8 Å². The number of amides is 1. The van der Waals surface area contributed by atoms with Crippen LogP contribution in [0.5, 0.6) is 0 Å². The normalized spacial score (nSPS) is 11.0. The molecule has 4 nitrogen and oxygen atoms in total. The molecule has 0 bridgehead atoms. The third kappa shape index (κ3) is 2.85. The number of halogens is 2. The lowest BCUT2D eigenvalue weighted by Crippen LogP contribution is -2.26. The highest BCUT2D eigenvalue weighted by Gasteiger charge is 2.16. The molecule has 0 saturated heterocycles. The van der Waals surface area contributed by atoms with Crippen molar-refractivity contribution in [2.45, 2.75) is 6.54 Å². The molecule has 108 valence electrons. The van der Waals surface area contributed by atoms with Crippen molar-refractivity contribution in [2.24, 2.45) is 0 Å². The molecule has 0 spiro atoms. The van der Waals surface area contributed by atoms with Gasteiger partial charge in [-0.15, -0.1) is 0 Å². The number of benzene rings is 1. The zero-order chi connectivity index (χ0) is 15.0. The summed E-state index contributed by atoms with van der Waals surface area (Å²) in [4.78, 5) is 16.8. The van der Waals surface area contributed by atoms with Crippen molar-refractivity contribution in [1.29, 1.82) is 0 Å². The summed E-state index contributed by atoms with van der Waals surface area (Å²) < 4.78 is 19.2. The van der Waals surface area contributed by atoms with Gasteiger partial charge in [-0.2, -0.15) is 0 Å². The van der Waals surface area contributed by atoms with Gasteiger partial charge in [-0.1, -0.05) is 0 Å². The molecule has 0 unspecified atom stereocenters. The molecule has 0 saturated carbocycles. The number of aromatic nitrogens is 1. The minimum absolute atomic E-state index is 0.181. The first kappa shape index (κ1) is 13.9. The number of carbonyl (C=O) groups is 1. The summed E-state index contributed by atoms with van der Waals surface area (Å²) in [7, 11) is 1.69. The number of aromatic amines is 1. The molecule has 0 aliphatic heterocycles. The van der Waals surface area contributed by atoms with Gasteiger partial charge < -0.3 is 14.3 Å². The first-order chi connectivity index (χ1) is 10.0. The molecular formula is C15H12BrFN2O2. The van der Waals surface area contributed by atoms with Gasteiger partial charge in [0.2, 0.25) is 0 Å². The van der Waals surface area contributed by atoms with Crippen LogP contribution in [0.1, 0.15) is 16.2 Å². The number of H-pyrrole nitrogens is 1. The van der Waals surface area contributed by atoms with E-state index < -0.39 is 0 Å². The topological polar surface area (TPSA) is 49.2 Å². The first-order valence-electron chi connectivity index (χ1n) is 6.31. The fourth-order valence-electron chi connectivity index (χ4n) is 2.16. The van der Waals surface area contributed by atoms with Crippen molar-refractivity contribution in [3.05, 3.63) is 58.3 Å². The van der Waals surface area contributed by atoms with Crippen LogP contribution in [-0.2, 0) is 6.54 Å². The van der Waals surface area contributed by atoms with Gasteiger partial charge in [-0.25, -0.2) is 4.39 Å². The van der Waals surface area contributed by atoms with Crippen molar-refractivity contribution in [1.82, 2.24) is 9.88 Å². The first-order valence-corrected chi connectivity index (χ1v) is 7.10. The average molecular weight is 351 g/mol. The number of rotatable bonds is 3. The second-order valence-electron chi connectivity index (χ2n) is 4.78. The van der Waals surface area contributed by atoms with E-state index in [4.69, 9.17) is 4.42 Å². The van der Waals surface area contributed by atoms with Crippen LogP contribution in [0.4, 0.5) is 4.39 Å². The third-order valence-electron chi connectivity index (χ3n) is 3.18. The molecule has 1 amide bonds. The number of carbonyl (C=O) groups excluding carboxylic acids is 1.